The van der Waals surface area contributed by atoms with Crippen LogP contribution in [-0.4, -0.2) is 9.55 Å². The number of aromatic nitrogens is 2. The van der Waals surface area contributed by atoms with Gasteiger partial charge in [0.1, 0.15) is 5.82 Å². The van der Waals surface area contributed by atoms with Crippen LogP contribution in [0.15, 0.2) is 40.9 Å². The molecule has 0 spiro atoms. The van der Waals surface area contributed by atoms with Gasteiger partial charge in [0.05, 0.1) is 21.7 Å². The van der Waals surface area contributed by atoms with Crippen LogP contribution in [0.3, 0.4) is 0 Å². The van der Waals surface area contributed by atoms with Crippen molar-refractivity contribution in [3.63, 3.8) is 0 Å². The van der Waals surface area contributed by atoms with Crippen LogP contribution in [0.1, 0.15) is 0 Å². The van der Waals surface area contributed by atoms with Gasteiger partial charge in [0.15, 0.2) is 4.77 Å². The molecule has 0 aliphatic rings. The van der Waals surface area contributed by atoms with Crippen molar-refractivity contribution < 1.29 is 4.39 Å². The number of fused-ring (bicyclic) bond motifs is 1. The van der Waals surface area contributed by atoms with Crippen LogP contribution in [0.5, 0.6) is 0 Å². The van der Waals surface area contributed by atoms with Crippen LogP contribution in [0.2, 0.25) is 5.02 Å². The van der Waals surface area contributed by atoms with Gasteiger partial charge in [-0.25, -0.2) is 4.39 Å². The van der Waals surface area contributed by atoms with E-state index in [2.05, 4.69) is 20.9 Å². The Balaban J connectivity index is 2.43. The Morgan fingerprint density at radius 2 is 2.05 bits per heavy atom. The Morgan fingerprint density at radius 3 is 2.84 bits per heavy atom. The standard InChI is InChI=1S/C13H7BrClFN2S/c14-8-5-4-7(16)6-11(8)18-10-3-1-2-9(15)12(10)17-13(18)19/h1-6H,(H,17,19). The van der Waals surface area contributed by atoms with Gasteiger partial charge in [0.25, 0.3) is 0 Å². The third-order valence-electron chi connectivity index (χ3n) is 2.82. The molecule has 0 unspecified atom stereocenters. The summed E-state index contributed by atoms with van der Waals surface area (Å²) in [5.41, 5.74) is 2.19. The number of halogens is 3. The third-order valence-corrected chi connectivity index (χ3v) is 4.09. The first-order valence-electron chi connectivity index (χ1n) is 5.42. The smallest absolute Gasteiger partial charge is 0.182 e. The number of para-hydroxylation sites is 1. The molecule has 19 heavy (non-hydrogen) atoms. The first kappa shape index (κ1) is 12.8. The van der Waals surface area contributed by atoms with Gasteiger partial charge in [-0.2, -0.15) is 0 Å². The molecule has 0 aliphatic heterocycles. The Labute approximate surface area is 127 Å². The van der Waals surface area contributed by atoms with E-state index in [0.717, 1.165) is 15.5 Å². The van der Waals surface area contributed by atoms with Crippen molar-refractivity contribution in [1.82, 2.24) is 9.55 Å². The Bertz CT molecular complexity index is 840. The van der Waals surface area contributed by atoms with E-state index < -0.39 is 0 Å². The number of H-pyrrole nitrogens is 1. The molecule has 0 saturated heterocycles. The Morgan fingerprint density at radius 1 is 1.26 bits per heavy atom. The predicted octanol–water partition coefficient (Wildman–Crippen LogP) is 5.24. The van der Waals surface area contributed by atoms with Gasteiger partial charge >= 0.3 is 0 Å². The summed E-state index contributed by atoms with van der Waals surface area (Å²) in [5.74, 6) is -0.323. The molecule has 96 valence electrons. The topological polar surface area (TPSA) is 20.7 Å². The minimum atomic E-state index is -0.323. The largest absolute Gasteiger partial charge is 0.329 e. The molecular weight excluding hydrogens is 351 g/mol. The van der Waals surface area contributed by atoms with Gasteiger partial charge in [0.2, 0.25) is 0 Å². The van der Waals surface area contributed by atoms with Gasteiger partial charge in [-0.1, -0.05) is 17.7 Å². The van der Waals surface area contributed by atoms with Crippen LogP contribution in [0, 0.1) is 10.6 Å². The lowest BCUT2D eigenvalue weighted by molar-refractivity contribution is 0.626. The SMILES string of the molecule is Fc1ccc(Br)c(-n2c(=S)[nH]c3c(Cl)cccc32)c1. The second-order valence-electron chi connectivity index (χ2n) is 4.00. The van der Waals surface area contributed by atoms with E-state index in [1.54, 1.807) is 16.7 Å². The van der Waals surface area contributed by atoms with E-state index >= 15 is 0 Å². The minimum absolute atomic E-state index is 0.323. The molecule has 0 fully saturated rings. The summed E-state index contributed by atoms with van der Waals surface area (Å²) >= 11 is 14.8. The molecule has 2 nitrogen and oxygen atoms in total. The average molecular weight is 358 g/mol. The van der Waals surface area contributed by atoms with E-state index in [1.165, 1.54) is 12.1 Å². The van der Waals surface area contributed by atoms with Crippen molar-refractivity contribution in [2.45, 2.75) is 0 Å². The van der Waals surface area contributed by atoms with E-state index in [0.29, 0.717) is 15.5 Å². The highest BCUT2D eigenvalue weighted by atomic mass is 79.9. The lowest BCUT2D eigenvalue weighted by Crippen LogP contribution is -1.96. The van der Waals surface area contributed by atoms with E-state index in [9.17, 15) is 4.39 Å². The fourth-order valence-electron chi connectivity index (χ4n) is 1.99. The summed E-state index contributed by atoms with van der Waals surface area (Å²) in [7, 11) is 0. The molecule has 6 heteroatoms. The fraction of sp³-hybridized carbons (Fsp3) is 0. The maximum absolute atomic E-state index is 13.4. The highest BCUT2D eigenvalue weighted by Gasteiger charge is 2.12. The maximum atomic E-state index is 13.4. The first-order chi connectivity index (χ1) is 9.08. The maximum Gasteiger partial charge on any atom is 0.182 e. The molecule has 0 atom stereocenters. The van der Waals surface area contributed by atoms with E-state index in [4.69, 9.17) is 23.8 Å². The summed E-state index contributed by atoms with van der Waals surface area (Å²) < 4.78 is 16.4. The van der Waals surface area contributed by atoms with Crippen molar-refractivity contribution >= 4 is 50.8 Å². The number of rotatable bonds is 1. The normalized spacial score (nSPS) is 11.1. The Kier molecular flexibility index (Phi) is 3.20. The molecule has 0 saturated carbocycles. The molecular formula is C13H7BrClFN2S. The number of nitrogens with zero attached hydrogens (tertiary/aromatic N) is 1. The molecule has 0 bridgehead atoms. The molecule has 0 aliphatic carbocycles. The number of aromatic amines is 1. The van der Waals surface area contributed by atoms with Crippen molar-refractivity contribution in [2.24, 2.45) is 0 Å². The van der Waals surface area contributed by atoms with Crippen LogP contribution in [0.4, 0.5) is 4.39 Å². The molecule has 0 radical (unpaired) electrons. The predicted molar refractivity (Wildman–Crippen MR) is 81.1 cm³/mol. The van der Waals surface area contributed by atoms with Gasteiger partial charge in [-0.15, -0.1) is 0 Å². The van der Waals surface area contributed by atoms with Crippen molar-refractivity contribution in [1.29, 1.82) is 0 Å². The molecule has 1 aromatic heterocycles. The lowest BCUT2D eigenvalue weighted by Gasteiger charge is -2.07. The summed E-state index contributed by atoms with van der Waals surface area (Å²) in [6.45, 7) is 0. The van der Waals surface area contributed by atoms with Gasteiger partial charge in [0, 0.05) is 4.47 Å². The minimum Gasteiger partial charge on any atom is -0.329 e. The number of benzene rings is 2. The Hall–Kier alpha value is -1.17. The highest BCUT2D eigenvalue weighted by molar-refractivity contribution is 9.10. The summed E-state index contributed by atoms with van der Waals surface area (Å²) in [6, 6.07) is 9.95. The van der Waals surface area contributed by atoms with Crippen LogP contribution in [0.25, 0.3) is 16.7 Å². The number of imidazole rings is 1. The monoisotopic (exact) mass is 356 g/mol. The van der Waals surface area contributed by atoms with E-state index in [-0.39, 0.29) is 5.82 Å². The second-order valence-corrected chi connectivity index (χ2v) is 5.64. The van der Waals surface area contributed by atoms with Gasteiger partial charge < -0.3 is 4.98 Å². The number of nitrogens with one attached hydrogen (secondary N) is 1. The highest BCUT2D eigenvalue weighted by Crippen LogP contribution is 2.29. The summed E-state index contributed by atoms with van der Waals surface area (Å²) in [5, 5.41) is 0.579. The number of hydrogen-bond donors (Lipinski definition) is 1. The average Bonchev–Trinajstić information content (AvgIpc) is 2.70. The van der Waals surface area contributed by atoms with E-state index in [1.807, 2.05) is 12.1 Å². The van der Waals surface area contributed by atoms with Crippen LogP contribution >= 0.6 is 39.7 Å². The molecule has 0 amide bonds. The zero-order valence-electron chi connectivity index (χ0n) is 9.45. The zero-order chi connectivity index (χ0) is 13.6. The van der Waals surface area contributed by atoms with Crippen LogP contribution in [-0.2, 0) is 0 Å². The second kappa shape index (κ2) is 4.74. The van der Waals surface area contributed by atoms with Gasteiger partial charge in [-0.05, 0) is 58.5 Å². The zero-order valence-corrected chi connectivity index (χ0v) is 12.6. The molecule has 2 aromatic carbocycles. The van der Waals surface area contributed by atoms with Crippen molar-refractivity contribution in [3.8, 4) is 5.69 Å². The molecule has 1 heterocycles. The summed E-state index contributed by atoms with van der Waals surface area (Å²) in [4.78, 5) is 3.04. The van der Waals surface area contributed by atoms with Crippen molar-refractivity contribution in [3.05, 3.63) is 56.5 Å². The summed E-state index contributed by atoms with van der Waals surface area (Å²) in [6.07, 6.45) is 0. The lowest BCUT2D eigenvalue weighted by atomic mass is 10.2. The van der Waals surface area contributed by atoms with Crippen LogP contribution < -0.4 is 0 Å². The quantitative estimate of drug-likeness (QED) is 0.590. The third kappa shape index (κ3) is 2.12. The molecule has 3 rings (SSSR count). The van der Waals surface area contributed by atoms with Gasteiger partial charge in [-0.3, -0.25) is 4.57 Å². The molecule has 3 aromatic rings. The van der Waals surface area contributed by atoms with Crippen molar-refractivity contribution in [2.75, 3.05) is 0 Å². The first-order valence-corrected chi connectivity index (χ1v) is 7.00. The number of hydrogen-bond acceptors (Lipinski definition) is 1. The fourth-order valence-corrected chi connectivity index (χ4v) is 2.93. The molecule has 1 N–H and O–H groups in total.